The molecule has 0 amide bonds. The number of rotatable bonds is 2. The molecule has 0 saturated carbocycles. The third-order valence-electron chi connectivity index (χ3n) is 1.77. The normalized spacial score (nSPS) is 10.1. The van der Waals surface area contributed by atoms with Crippen LogP contribution >= 0.6 is 15.9 Å². The summed E-state index contributed by atoms with van der Waals surface area (Å²) >= 11 is 3.91. The summed E-state index contributed by atoms with van der Waals surface area (Å²) in [6.07, 6.45) is 0. The molecule has 70 valence electrons. The third kappa shape index (κ3) is 2.71. The van der Waals surface area contributed by atoms with E-state index in [0.717, 1.165) is 4.47 Å². The van der Waals surface area contributed by atoms with Gasteiger partial charge in [0.05, 0.1) is 0 Å². The molecule has 2 aromatic rings. The minimum absolute atomic E-state index is 0.422. The molecule has 0 aliphatic heterocycles. The van der Waals surface area contributed by atoms with Gasteiger partial charge in [0.2, 0.25) is 0 Å². The van der Waals surface area contributed by atoms with Gasteiger partial charge in [-0.2, -0.15) is 0 Å². The van der Waals surface area contributed by atoms with Crippen LogP contribution in [0, 0.1) is 0 Å². The standard InChI is InChI=1S/C12H9BrSe/c13-10-5-4-8-12(9-10)14-11-6-2-1-3-7-11/h1-9H. The molecule has 0 atom stereocenters. The van der Waals surface area contributed by atoms with Crippen molar-refractivity contribution in [1.29, 1.82) is 0 Å². The Bertz CT molecular complexity index is 412. The molecular formula is C12H9BrSe. The summed E-state index contributed by atoms with van der Waals surface area (Å²) in [5.41, 5.74) is 0. The molecule has 0 aliphatic carbocycles. The van der Waals surface area contributed by atoms with Gasteiger partial charge in [0.15, 0.2) is 0 Å². The first-order chi connectivity index (χ1) is 6.84. The average Bonchev–Trinajstić information content (AvgIpc) is 2.19. The summed E-state index contributed by atoms with van der Waals surface area (Å²) in [6.45, 7) is 0. The maximum atomic E-state index is 3.49. The van der Waals surface area contributed by atoms with Gasteiger partial charge >= 0.3 is 98.9 Å². The molecule has 0 spiro atoms. The molecule has 14 heavy (non-hydrogen) atoms. The van der Waals surface area contributed by atoms with Crippen LogP contribution in [0.2, 0.25) is 0 Å². The molecule has 0 unspecified atom stereocenters. The summed E-state index contributed by atoms with van der Waals surface area (Å²) in [7, 11) is 0. The van der Waals surface area contributed by atoms with Gasteiger partial charge in [-0.15, -0.1) is 0 Å². The second-order valence-corrected chi connectivity index (χ2v) is 6.19. The van der Waals surface area contributed by atoms with Crippen LogP contribution in [-0.4, -0.2) is 15.0 Å². The quantitative estimate of drug-likeness (QED) is 0.745. The van der Waals surface area contributed by atoms with Crippen molar-refractivity contribution in [3.8, 4) is 0 Å². The van der Waals surface area contributed by atoms with E-state index < -0.39 is 0 Å². The Hall–Kier alpha value is -0.561. The van der Waals surface area contributed by atoms with Crippen molar-refractivity contribution >= 4 is 39.8 Å². The van der Waals surface area contributed by atoms with Crippen molar-refractivity contribution < 1.29 is 0 Å². The molecule has 0 N–H and O–H groups in total. The minimum atomic E-state index is 0.422. The topological polar surface area (TPSA) is 0 Å². The van der Waals surface area contributed by atoms with Crippen molar-refractivity contribution in [3.63, 3.8) is 0 Å². The van der Waals surface area contributed by atoms with E-state index in [1.807, 2.05) is 0 Å². The molecule has 0 fully saturated rings. The Morgan fingerprint density at radius 3 is 2.21 bits per heavy atom. The number of hydrogen-bond acceptors (Lipinski definition) is 0. The monoisotopic (exact) mass is 312 g/mol. The second kappa shape index (κ2) is 4.79. The van der Waals surface area contributed by atoms with Gasteiger partial charge in [-0.05, 0) is 0 Å². The molecule has 0 aliphatic rings. The molecule has 2 aromatic carbocycles. The Kier molecular flexibility index (Phi) is 3.41. The average molecular weight is 312 g/mol. The van der Waals surface area contributed by atoms with Crippen LogP contribution < -0.4 is 8.92 Å². The van der Waals surface area contributed by atoms with Crippen LogP contribution in [-0.2, 0) is 0 Å². The first-order valence-corrected chi connectivity index (χ1v) is 6.84. The molecule has 0 saturated heterocycles. The van der Waals surface area contributed by atoms with Gasteiger partial charge < -0.3 is 0 Å². The van der Waals surface area contributed by atoms with E-state index in [0.29, 0.717) is 15.0 Å². The van der Waals surface area contributed by atoms with Crippen molar-refractivity contribution in [2.45, 2.75) is 0 Å². The van der Waals surface area contributed by atoms with Gasteiger partial charge in [0.25, 0.3) is 0 Å². The molecule has 2 rings (SSSR count). The van der Waals surface area contributed by atoms with E-state index in [2.05, 4.69) is 70.5 Å². The van der Waals surface area contributed by atoms with Crippen molar-refractivity contribution in [2.24, 2.45) is 0 Å². The predicted octanol–water partition coefficient (Wildman–Crippen LogP) is 2.10. The number of halogens is 1. The number of benzene rings is 2. The van der Waals surface area contributed by atoms with Gasteiger partial charge in [0, 0.05) is 0 Å². The van der Waals surface area contributed by atoms with Crippen LogP contribution in [0.5, 0.6) is 0 Å². The molecule has 0 bridgehead atoms. The zero-order valence-corrected chi connectivity index (χ0v) is 10.8. The van der Waals surface area contributed by atoms with Gasteiger partial charge in [-0.3, -0.25) is 0 Å². The summed E-state index contributed by atoms with van der Waals surface area (Å²) in [5, 5.41) is 0. The fourth-order valence-corrected chi connectivity index (χ4v) is 3.78. The fourth-order valence-electron chi connectivity index (χ4n) is 1.16. The van der Waals surface area contributed by atoms with Gasteiger partial charge in [0.1, 0.15) is 0 Å². The summed E-state index contributed by atoms with van der Waals surface area (Å²) in [4.78, 5) is 0. The van der Waals surface area contributed by atoms with Crippen LogP contribution in [0.1, 0.15) is 0 Å². The van der Waals surface area contributed by atoms with Crippen molar-refractivity contribution in [1.82, 2.24) is 0 Å². The summed E-state index contributed by atoms with van der Waals surface area (Å²) in [6, 6.07) is 19.1. The third-order valence-corrected chi connectivity index (χ3v) is 4.36. The first-order valence-electron chi connectivity index (χ1n) is 4.33. The van der Waals surface area contributed by atoms with E-state index in [1.54, 1.807) is 0 Å². The van der Waals surface area contributed by atoms with Crippen molar-refractivity contribution in [3.05, 3.63) is 59.1 Å². The maximum absolute atomic E-state index is 3.49. The summed E-state index contributed by atoms with van der Waals surface area (Å²) in [5.74, 6) is 0. The van der Waals surface area contributed by atoms with E-state index in [9.17, 15) is 0 Å². The Morgan fingerprint density at radius 1 is 0.786 bits per heavy atom. The molecule has 0 nitrogen and oxygen atoms in total. The zero-order valence-electron chi connectivity index (χ0n) is 7.48. The van der Waals surface area contributed by atoms with E-state index in [1.165, 1.54) is 8.92 Å². The Balaban J connectivity index is 2.19. The van der Waals surface area contributed by atoms with Crippen LogP contribution in [0.4, 0.5) is 0 Å². The number of hydrogen-bond donors (Lipinski definition) is 0. The molecule has 0 aromatic heterocycles. The zero-order chi connectivity index (χ0) is 9.80. The summed E-state index contributed by atoms with van der Waals surface area (Å²) < 4.78 is 3.98. The van der Waals surface area contributed by atoms with Gasteiger partial charge in [-0.25, -0.2) is 0 Å². The fraction of sp³-hybridized carbons (Fsp3) is 0. The van der Waals surface area contributed by atoms with E-state index in [-0.39, 0.29) is 0 Å². The first kappa shape index (κ1) is 9.97. The predicted molar refractivity (Wildman–Crippen MR) is 65.6 cm³/mol. The Labute approximate surface area is 98.6 Å². The van der Waals surface area contributed by atoms with E-state index >= 15 is 0 Å². The SMILES string of the molecule is Brc1cccc([Se]c2ccccc2)c1. The van der Waals surface area contributed by atoms with E-state index in [4.69, 9.17) is 0 Å². The van der Waals surface area contributed by atoms with Crippen LogP contribution in [0.3, 0.4) is 0 Å². The van der Waals surface area contributed by atoms with Gasteiger partial charge in [-0.1, -0.05) is 0 Å². The molecule has 0 heterocycles. The van der Waals surface area contributed by atoms with Crippen LogP contribution in [0.15, 0.2) is 59.1 Å². The molecule has 0 radical (unpaired) electrons. The van der Waals surface area contributed by atoms with Crippen LogP contribution in [0.25, 0.3) is 0 Å². The Morgan fingerprint density at radius 2 is 1.50 bits per heavy atom. The second-order valence-electron chi connectivity index (χ2n) is 2.87. The molecular weight excluding hydrogens is 303 g/mol. The van der Waals surface area contributed by atoms with Crippen molar-refractivity contribution in [2.75, 3.05) is 0 Å². The molecule has 2 heteroatoms.